The van der Waals surface area contributed by atoms with E-state index in [0.29, 0.717) is 0 Å². The van der Waals surface area contributed by atoms with Crippen LogP contribution in [-0.4, -0.2) is 0 Å². The highest BCUT2D eigenvalue weighted by Crippen LogP contribution is 2.37. The molecule has 0 atom stereocenters. The molecule has 3 rings (SSSR count). The zero-order valence-corrected chi connectivity index (χ0v) is 26.8. The molecule has 0 saturated heterocycles. The molecule has 218 valence electrons. The third kappa shape index (κ3) is 9.64. The van der Waals surface area contributed by atoms with E-state index in [1.807, 2.05) is 0 Å². The van der Waals surface area contributed by atoms with Crippen molar-refractivity contribution in [2.24, 2.45) is 0 Å². The summed E-state index contributed by atoms with van der Waals surface area (Å²) in [5.41, 5.74) is 8.25. The minimum Gasteiger partial charge on any atom is -0.0654 e. The first-order valence-electron chi connectivity index (χ1n) is 16.5. The summed E-state index contributed by atoms with van der Waals surface area (Å²) in [7, 11) is 0. The second-order valence-electron chi connectivity index (χ2n) is 13.4. The van der Waals surface area contributed by atoms with Gasteiger partial charge in [-0.2, -0.15) is 0 Å². The van der Waals surface area contributed by atoms with Gasteiger partial charge >= 0.3 is 0 Å². The van der Waals surface area contributed by atoms with Crippen molar-refractivity contribution in [3.05, 3.63) is 106 Å². The zero-order valence-electron chi connectivity index (χ0n) is 26.8. The normalized spacial score (nSPS) is 12.2. The molecule has 0 heteroatoms. The van der Waals surface area contributed by atoms with Gasteiger partial charge in [-0.3, -0.25) is 0 Å². The van der Waals surface area contributed by atoms with Crippen LogP contribution in [0.1, 0.15) is 151 Å². The molecule has 0 radical (unpaired) electrons. The maximum atomic E-state index is 2.43. The number of rotatable bonds is 18. The summed E-state index contributed by atoms with van der Waals surface area (Å²) < 4.78 is 0. The molecule has 0 amide bonds. The van der Waals surface area contributed by atoms with Gasteiger partial charge in [-0.1, -0.05) is 190 Å². The molecule has 3 aromatic rings. The van der Waals surface area contributed by atoms with E-state index in [0.717, 1.165) is 0 Å². The highest BCUT2D eigenvalue weighted by atomic mass is 14.3. The highest BCUT2D eigenvalue weighted by Gasteiger charge is 2.27. The third-order valence-corrected chi connectivity index (χ3v) is 9.32. The molecule has 0 saturated carbocycles. The predicted molar refractivity (Wildman–Crippen MR) is 178 cm³/mol. The SMILES string of the molecule is CCCCCCCCCCCCCCCc1ccc(C(C)(C)c2cccc(C(C)(C)c3ccc(C)cc3)c2)cc1. The van der Waals surface area contributed by atoms with Crippen molar-refractivity contribution in [3.8, 4) is 0 Å². The molecule has 0 fully saturated rings. The van der Waals surface area contributed by atoms with Gasteiger partial charge in [0.15, 0.2) is 0 Å². The van der Waals surface area contributed by atoms with Gasteiger partial charge in [-0.15, -0.1) is 0 Å². The molecule has 0 nitrogen and oxygen atoms in total. The van der Waals surface area contributed by atoms with Crippen LogP contribution in [0.15, 0.2) is 72.8 Å². The maximum Gasteiger partial charge on any atom is 0.0146 e. The van der Waals surface area contributed by atoms with Crippen molar-refractivity contribution in [2.75, 3.05) is 0 Å². The van der Waals surface area contributed by atoms with Crippen LogP contribution in [0.3, 0.4) is 0 Å². The van der Waals surface area contributed by atoms with Gasteiger partial charge in [0.1, 0.15) is 0 Å². The van der Waals surface area contributed by atoms with Crippen LogP contribution in [0.25, 0.3) is 0 Å². The summed E-state index contributed by atoms with van der Waals surface area (Å²) in [6, 6.07) is 27.8. The van der Waals surface area contributed by atoms with E-state index in [1.54, 1.807) is 0 Å². The van der Waals surface area contributed by atoms with E-state index in [-0.39, 0.29) is 10.8 Å². The maximum absolute atomic E-state index is 2.43. The summed E-state index contributed by atoms with van der Waals surface area (Å²) in [5, 5.41) is 0. The molecule has 0 N–H and O–H groups in total. The van der Waals surface area contributed by atoms with E-state index in [1.165, 1.54) is 123 Å². The number of benzene rings is 3. The Hall–Kier alpha value is -2.34. The topological polar surface area (TPSA) is 0 Å². The summed E-state index contributed by atoms with van der Waals surface area (Å²) in [6.07, 6.45) is 19.6. The fraction of sp³-hybridized carbons (Fsp3) is 0.550. The van der Waals surface area contributed by atoms with Crippen molar-refractivity contribution < 1.29 is 0 Å². The second-order valence-corrected chi connectivity index (χ2v) is 13.4. The lowest BCUT2D eigenvalue weighted by atomic mass is 9.73. The van der Waals surface area contributed by atoms with Crippen LogP contribution in [0, 0.1) is 6.92 Å². The standard InChI is InChI=1S/C40H58/c1-7-8-9-10-11-12-13-14-15-16-17-18-19-21-34-26-30-36(31-27-34)40(5,6)38-23-20-22-37(32-38)39(3,4)35-28-24-33(2)25-29-35/h20,22-32H,7-19,21H2,1-6H3. The molecule has 0 aliphatic rings. The van der Waals surface area contributed by atoms with Crippen molar-refractivity contribution >= 4 is 0 Å². The lowest BCUT2D eigenvalue weighted by molar-refractivity contribution is 0.539. The Morgan fingerprint density at radius 2 is 0.850 bits per heavy atom. The molecule has 0 unspecified atom stereocenters. The molecular formula is C40H58. The van der Waals surface area contributed by atoms with Crippen molar-refractivity contribution in [3.63, 3.8) is 0 Å². The molecule has 0 aromatic heterocycles. The van der Waals surface area contributed by atoms with Crippen LogP contribution in [0.5, 0.6) is 0 Å². The molecule has 0 bridgehead atoms. The Morgan fingerprint density at radius 3 is 1.30 bits per heavy atom. The van der Waals surface area contributed by atoms with Crippen molar-refractivity contribution in [1.29, 1.82) is 0 Å². The largest absolute Gasteiger partial charge is 0.0654 e. The van der Waals surface area contributed by atoms with Crippen LogP contribution >= 0.6 is 0 Å². The molecular weight excluding hydrogens is 480 g/mol. The van der Waals surface area contributed by atoms with Gasteiger partial charge in [-0.05, 0) is 47.6 Å². The molecule has 0 aliphatic carbocycles. The minimum absolute atomic E-state index is 0.0302. The average molecular weight is 539 g/mol. The van der Waals surface area contributed by atoms with Gasteiger partial charge in [0.25, 0.3) is 0 Å². The first-order valence-corrected chi connectivity index (χ1v) is 16.5. The summed E-state index contributed by atoms with van der Waals surface area (Å²) in [6.45, 7) is 13.9. The van der Waals surface area contributed by atoms with Gasteiger partial charge in [0.05, 0.1) is 0 Å². The lowest BCUT2D eigenvalue weighted by Crippen LogP contribution is -2.23. The minimum atomic E-state index is -0.0343. The van der Waals surface area contributed by atoms with Crippen molar-refractivity contribution in [1.82, 2.24) is 0 Å². The zero-order chi connectivity index (χ0) is 28.8. The van der Waals surface area contributed by atoms with Crippen LogP contribution in [0.4, 0.5) is 0 Å². The van der Waals surface area contributed by atoms with E-state index in [9.17, 15) is 0 Å². The Kier molecular flexibility index (Phi) is 13.0. The molecule has 0 aliphatic heterocycles. The van der Waals surface area contributed by atoms with Crippen molar-refractivity contribution in [2.45, 2.75) is 142 Å². The summed E-state index contributed by atoms with van der Waals surface area (Å²) in [5.74, 6) is 0. The van der Waals surface area contributed by atoms with Crippen LogP contribution in [0.2, 0.25) is 0 Å². The Bertz CT molecular complexity index is 1100. The van der Waals surface area contributed by atoms with E-state index in [4.69, 9.17) is 0 Å². The predicted octanol–water partition coefficient (Wildman–Crippen LogP) is 12.3. The number of hydrogen-bond donors (Lipinski definition) is 0. The smallest absolute Gasteiger partial charge is 0.0146 e. The van der Waals surface area contributed by atoms with Gasteiger partial charge in [0, 0.05) is 10.8 Å². The van der Waals surface area contributed by atoms with Gasteiger partial charge in [0.2, 0.25) is 0 Å². The molecule has 3 aromatic carbocycles. The average Bonchev–Trinajstić information content (AvgIpc) is 2.96. The first kappa shape index (κ1) is 32.2. The Morgan fingerprint density at radius 1 is 0.450 bits per heavy atom. The fourth-order valence-corrected chi connectivity index (χ4v) is 6.04. The first-order chi connectivity index (χ1) is 19.2. The van der Waals surface area contributed by atoms with E-state index >= 15 is 0 Å². The second kappa shape index (κ2) is 16.2. The highest BCUT2D eigenvalue weighted by molar-refractivity contribution is 5.45. The lowest BCUT2D eigenvalue weighted by Gasteiger charge is -2.31. The summed E-state index contributed by atoms with van der Waals surface area (Å²) in [4.78, 5) is 0. The quantitative estimate of drug-likeness (QED) is 0.141. The number of unbranched alkanes of at least 4 members (excludes halogenated alkanes) is 12. The Labute approximate surface area is 248 Å². The summed E-state index contributed by atoms with van der Waals surface area (Å²) >= 11 is 0. The monoisotopic (exact) mass is 538 g/mol. The van der Waals surface area contributed by atoms with Gasteiger partial charge < -0.3 is 0 Å². The third-order valence-electron chi connectivity index (χ3n) is 9.32. The van der Waals surface area contributed by atoms with Crippen LogP contribution in [-0.2, 0) is 17.3 Å². The fourth-order valence-electron chi connectivity index (χ4n) is 6.04. The van der Waals surface area contributed by atoms with E-state index < -0.39 is 0 Å². The number of hydrogen-bond acceptors (Lipinski definition) is 0. The molecule has 0 spiro atoms. The number of aryl methyl sites for hydroxylation is 2. The Balaban J connectivity index is 1.44. The molecule has 40 heavy (non-hydrogen) atoms. The van der Waals surface area contributed by atoms with E-state index in [2.05, 4.69) is 114 Å². The van der Waals surface area contributed by atoms with Crippen LogP contribution < -0.4 is 0 Å². The van der Waals surface area contributed by atoms with Gasteiger partial charge in [-0.25, -0.2) is 0 Å². The molecule has 0 heterocycles.